The fraction of sp³-hybridized carbons (Fsp3) is 0.659. The monoisotopic (exact) mass is 793 g/mol. The Morgan fingerprint density at radius 2 is 0.821 bits per heavy atom. The van der Waals surface area contributed by atoms with Crippen LogP contribution >= 0.6 is 0 Å². The lowest BCUT2D eigenvalue weighted by Gasteiger charge is -2.19. The minimum absolute atomic E-state index is 0.0351. The SMILES string of the molecule is CCOC(=O)CCOCCOCCOCCOCCOCCOCCOCCOCCOCCOCCN(C)C(=O)OCC1c2ccccc2-c2ccccc21. The zero-order chi connectivity index (χ0) is 39.7. The van der Waals surface area contributed by atoms with Gasteiger partial charge in [-0.05, 0) is 29.2 Å². The van der Waals surface area contributed by atoms with Crippen LogP contribution < -0.4 is 0 Å². The van der Waals surface area contributed by atoms with Crippen molar-refractivity contribution in [3.63, 3.8) is 0 Å². The number of amides is 1. The number of benzene rings is 2. The normalized spacial score (nSPS) is 12.1. The van der Waals surface area contributed by atoms with Crippen LogP contribution in [0.25, 0.3) is 11.1 Å². The number of hydrogen-bond acceptors (Lipinski definition) is 14. The van der Waals surface area contributed by atoms with Crippen molar-refractivity contribution in [1.82, 2.24) is 4.90 Å². The lowest BCUT2D eigenvalue weighted by molar-refractivity contribution is -0.144. The molecule has 15 heteroatoms. The van der Waals surface area contributed by atoms with E-state index in [2.05, 4.69) is 24.3 Å². The Bertz CT molecular complexity index is 1250. The van der Waals surface area contributed by atoms with Crippen LogP contribution in [0.4, 0.5) is 4.79 Å². The Hall–Kier alpha value is -3.22. The average molecular weight is 794 g/mol. The molecule has 2 aromatic rings. The zero-order valence-corrected chi connectivity index (χ0v) is 33.3. The number of carbonyl (C=O) groups excluding carboxylic acids is 2. The molecule has 3 rings (SSSR count). The smallest absolute Gasteiger partial charge is 0.409 e. The standard InChI is InChI=1S/C41H63NO14/c1-3-55-40(43)12-14-45-16-18-47-20-22-49-24-26-51-28-30-53-32-33-54-31-29-52-27-25-50-23-21-48-19-17-46-15-13-42(2)41(44)56-34-39-37-10-6-4-8-35(37)36-9-5-7-11-38(36)39/h4-11,39H,3,12-34H2,1-2H3. The summed E-state index contributed by atoms with van der Waals surface area (Å²) < 4.78 is 65.3. The highest BCUT2D eigenvalue weighted by Gasteiger charge is 2.29. The molecule has 0 unspecified atom stereocenters. The highest BCUT2D eigenvalue weighted by molar-refractivity contribution is 5.79. The molecule has 0 saturated heterocycles. The predicted molar refractivity (Wildman–Crippen MR) is 207 cm³/mol. The summed E-state index contributed by atoms with van der Waals surface area (Å²) in [6, 6.07) is 16.6. The van der Waals surface area contributed by atoms with Gasteiger partial charge in [0.15, 0.2) is 0 Å². The quantitative estimate of drug-likeness (QED) is 0.0724. The Labute approximate surface area is 332 Å². The molecule has 0 atom stereocenters. The summed E-state index contributed by atoms with van der Waals surface area (Å²) in [6.07, 6.45) is -0.117. The van der Waals surface area contributed by atoms with E-state index in [1.807, 2.05) is 24.3 Å². The van der Waals surface area contributed by atoms with E-state index in [1.165, 1.54) is 27.2 Å². The molecule has 0 radical (unpaired) electrons. The Kier molecular flexibility index (Phi) is 26.8. The van der Waals surface area contributed by atoms with Gasteiger partial charge < -0.3 is 61.7 Å². The van der Waals surface area contributed by atoms with Crippen LogP contribution in [0.3, 0.4) is 0 Å². The van der Waals surface area contributed by atoms with E-state index < -0.39 is 0 Å². The van der Waals surface area contributed by atoms with Crippen molar-refractivity contribution >= 4 is 12.1 Å². The molecule has 0 N–H and O–H groups in total. The number of ether oxygens (including phenoxy) is 12. The molecular weight excluding hydrogens is 730 g/mol. The molecule has 0 saturated carbocycles. The van der Waals surface area contributed by atoms with Gasteiger partial charge in [0, 0.05) is 19.5 Å². The molecule has 2 aromatic carbocycles. The molecule has 0 bridgehead atoms. The summed E-state index contributed by atoms with van der Waals surface area (Å²) in [5, 5.41) is 0. The Morgan fingerprint density at radius 3 is 1.20 bits per heavy atom. The second-order valence-electron chi connectivity index (χ2n) is 12.4. The molecule has 15 nitrogen and oxygen atoms in total. The van der Waals surface area contributed by atoms with E-state index in [-0.39, 0.29) is 24.4 Å². The first-order chi connectivity index (χ1) is 27.6. The zero-order valence-electron chi connectivity index (χ0n) is 33.3. The van der Waals surface area contributed by atoms with Gasteiger partial charge in [-0.15, -0.1) is 0 Å². The summed E-state index contributed by atoms with van der Waals surface area (Å²) in [5.41, 5.74) is 4.79. The first-order valence-electron chi connectivity index (χ1n) is 19.6. The topological polar surface area (TPSA) is 148 Å². The van der Waals surface area contributed by atoms with Crippen molar-refractivity contribution < 1.29 is 66.4 Å². The van der Waals surface area contributed by atoms with Crippen LogP contribution in [0.1, 0.15) is 30.4 Å². The maximum Gasteiger partial charge on any atom is 0.409 e. The third-order valence-electron chi connectivity index (χ3n) is 8.32. The van der Waals surface area contributed by atoms with E-state index in [0.717, 1.165) is 0 Å². The van der Waals surface area contributed by atoms with Crippen molar-refractivity contribution in [2.75, 3.05) is 159 Å². The predicted octanol–water partition coefficient (Wildman–Crippen LogP) is 3.99. The van der Waals surface area contributed by atoms with Crippen LogP contribution in [-0.4, -0.2) is 176 Å². The first-order valence-corrected chi connectivity index (χ1v) is 19.6. The summed E-state index contributed by atoms with van der Waals surface area (Å²) in [6.45, 7) is 12.0. The maximum atomic E-state index is 12.6. The number of carbonyl (C=O) groups is 2. The molecule has 0 spiro atoms. The van der Waals surface area contributed by atoms with E-state index in [1.54, 1.807) is 14.0 Å². The van der Waals surface area contributed by atoms with Gasteiger partial charge in [0.25, 0.3) is 0 Å². The van der Waals surface area contributed by atoms with Gasteiger partial charge in [-0.1, -0.05) is 48.5 Å². The van der Waals surface area contributed by atoms with Crippen LogP contribution in [0, 0.1) is 0 Å². The molecule has 1 amide bonds. The Morgan fingerprint density at radius 1 is 0.482 bits per heavy atom. The number of hydrogen-bond donors (Lipinski definition) is 0. The molecule has 0 aliphatic heterocycles. The molecule has 0 fully saturated rings. The van der Waals surface area contributed by atoms with Gasteiger partial charge in [-0.2, -0.15) is 0 Å². The fourth-order valence-electron chi connectivity index (χ4n) is 5.47. The van der Waals surface area contributed by atoms with Crippen molar-refractivity contribution in [3.8, 4) is 11.1 Å². The molecule has 56 heavy (non-hydrogen) atoms. The van der Waals surface area contributed by atoms with Gasteiger partial charge in [0.1, 0.15) is 6.61 Å². The minimum atomic E-state index is -0.368. The van der Waals surface area contributed by atoms with E-state index in [9.17, 15) is 9.59 Å². The van der Waals surface area contributed by atoms with Crippen LogP contribution in [-0.2, 0) is 61.6 Å². The van der Waals surface area contributed by atoms with E-state index in [4.69, 9.17) is 56.8 Å². The molecule has 316 valence electrons. The number of likely N-dealkylation sites (N-methyl/N-ethyl adjacent to an activating group) is 1. The van der Waals surface area contributed by atoms with Gasteiger partial charge in [-0.25, -0.2) is 4.79 Å². The molecule has 0 aromatic heterocycles. The third-order valence-corrected chi connectivity index (χ3v) is 8.32. The second kappa shape index (κ2) is 31.8. The Balaban J connectivity index is 0.966. The summed E-state index contributed by atoms with van der Waals surface area (Å²) in [4.78, 5) is 25.3. The average Bonchev–Trinajstić information content (AvgIpc) is 3.53. The number of nitrogens with zero attached hydrogens (tertiary/aromatic N) is 1. The highest BCUT2D eigenvalue weighted by Crippen LogP contribution is 2.44. The van der Waals surface area contributed by atoms with Crippen LogP contribution in [0.5, 0.6) is 0 Å². The van der Waals surface area contributed by atoms with Crippen molar-refractivity contribution in [3.05, 3.63) is 59.7 Å². The second-order valence-corrected chi connectivity index (χ2v) is 12.4. The summed E-state index contributed by atoms with van der Waals surface area (Å²) >= 11 is 0. The molecule has 1 aliphatic rings. The largest absolute Gasteiger partial charge is 0.466 e. The van der Waals surface area contributed by atoms with Gasteiger partial charge >= 0.3 is 12.1 Å². The number of fused-ring (bicyclic) bond motifs is 3. The third kappa shape index (κ3) is 20.8. The molecule has 0 heterocycles. The van der Waals surface area contributed by atoms with Crippen molar-refractivity contribution in [2.24, 2.45) is 0 Å². The number of esters is 1. The number of rotatable bonds is 36. The maximum absolute atomic E-state index is 12.6. The molecular formula is C41H63NO14. The van der Waals surface area contributed by atoms with Crippen molar-refractivity contribution in [1.29, 1.82) is 0 Å². The highest BCUT2D eigenvalue weighted by atomic mass is 16.6. The van der Waals surface area contributed by atoms with Gasteiger partial charge in [0.05, 0.1) is 145 Å². The van der Waals surface area contributed by atoms with Crippen LogP contribution in [0.2, 0.25) is 0 Å². The van der Waals surface area contributed by atoms with Gasteiger partial charge in [0.2, 0.25) is 0 Å². The van der Waals surface area contributed by atoms with E-state index in [0.29, 0.717) is 152 Å². The lowest BCUT2D eigenvalue weighted by Crippen LogP contribution is -2.32. The lowest BCUT2D eigenvalue weighted by atomic mass is 9.98. The first kappa shape index (κ1) is 47.2. The fourth-order valence-corrected chi connectivity index (χ4v) is 5.47. The minimum Gasteiger partial charge on any atom is -0.466 e. The van der Waals surface area contributed by atoms with Crippen LogP contribution in [0.15, 0.2) is 48.5 Å². The van der Waals surface area contributed by atoms with Crippen molar-refractivity contribution in [2.45, 2.75) is 19.3 Å². The van der Waals surface area contributed by atoms with Gasteiger partial charge in [-0.3, -0.25) is 4.79 Å². The van der Waals surface area contributed by atoms with E-state index >= 15 is 0 Å². The summed E-state index contributed by atoms with van der Waals surface area (Å²) in [7, 11) is 1.71. The summed E-state index contributed by atoms with van der Waals surface area (Å²) in [5.74, 6) is -0.220. The molecule has 1 aliphatic carbocycles.